The highest BCUT2D eigenvalue weighted by Crippen LogP contribution is 2.18. The van der Waals surface area contributed by atoms with Gasteiger partial charge in [-0.1, -0.05) is 29.8 Å². The summed E-state index contributed by atoms with van der Waals surface area (Å²) in [7, 11) is -3.71. The van der Waals surface area contributed by atoms with E-state index in [1.807, 2.05) is 31.2 Å². The Bertz CT molecular complexity index is 1040. The molecule has 27 heavy (non-hydrogen) atoms. The van der Waals surface area contributed by atoms with Crippen LogP contribution in [0.2, 0.25) is 0 Å². The van der Waals surface area contributed by atoms with E-state index in [1.165, 1.54) is 12.1 Å². The Hall–Kier alpha value is -3.04. The van der Waals surface area contributed by atoms with E-state index in [-0.39, 0.29) is 16.7 Å². The molecule has 1 heterocycles. The number of carbonyl (C=O) groups excluding carboxylic acids is 1. The summed E-state index contributed by atoms with van der Waals surface area (Å²) in [5.74, 6) is -0.309. The number of carbonyl (C=O) groups is 1. The van der Waals surface area contributed by atoms with Gasteiger partial charge in [0.1, 0.15) is 0 Å². The summed E-state index contributed by atoms with van der Waals surface area (Å²) in [5.41, 5.74) is 2.70. The molecule has 0 aliphatic rings. The Kier molecular flexibility index (Phi) is 5.33. The second-order valence-corrected chi connectivity index (χ2v) is 7.53. The lowest BCUT2D eigenvalue weighted by atomic mass is 10.1. The summed E-state index contributed by atoms with van der Waals surface area (Å²) >= 11 is 0. The molecule has 0 bridgehead atoms. The van der Waals surface area contributed by atoms with Crippen LogP contribution in [0.25, 0.3) is 11.5 Å². The molecule has 0 spiro atoms. The predicted octanol–water partition coefficient (Wildman–Crippen LogP) is 1.66. The maximum Gasteiger partial charge on any atom is 0.308 e. The van der Waals surface area contributed by atoms with Gasteiger partial charge in [-0.05, 0) is 43.2 Å². The molecule has 0 saturated heterocycles. The van der Waals surface area contributed by atoms with Crippen molar-refractivity contribution in [2.75, 3.05) is 6.54 Å². The number of primary sulfonamides is 1. The van der Waals surface area contributed by atoms with Gasteiger partial charge in [-0.2, -0.15) is 0 Å². The molecule has 3 rings (SSSR count). The topological polar surface area (TPSA) is 128 Å². The van der Waals surface area contributed by atoms with Gasteiger partial charge in [0.25, 0.3) is 0 Å². The quantitative estimate of drug-likeness (QED) is 0.663. The van der Waals surface area contributed by atoms with Crippen molar-refractivity contribution in [3.05, 3.63) is 65.5 Å². The summed E-state index contributed by atoms with van der Waals surface area (Å²) in [4.78, 5) is 12.2. The number of amides is 1. The van der Waals surface area contributed by atoms with Crippen molar-refractivity contribution in [1.82, 2.24) is 15.5 Å². The number of aryl methyl sites for hydroxylation is 1. The first kappa shape index (κ1) is 18.7. The Morgan fingerprint density at radius 3 is 2.37 bits per heavy atom. The van der Waals surface area contributed by atoms with Crippen LogP contribution >= 0.6 is 0 Å². The fraction of sp³-hybridized carbons (Fsp3) is 0.167. The van der Waals surface area contributed by atoms with Gasteiger partial charge in [-0.25, -0.2) is 13.6 Å². The highest BCUT2D eigenvalue weighted by atomic mass is 32.2. The molecular formula is C18H18N4O4S. The first-order valence-corrected chi connectivity index (χ1v) is 9.68. The van der Waals surface area contributed by atoms with Gasteiger partial charge >= 0.3 is 11.8 Å². The van der Waals surface area contributed by atoms with Crippen LogP contribution in [0.5, 0.6) is 0 Å². The molecule has 8 nitrogen and oxygen atoms in total. The van der Waals surface area contributed by atoms with Crippen LogP contribution in [-0.2, 0) is 16.4 Å². The van der Waals surface area contributed by atoms with Crippen LogP contribution in [0.1, 0.15) is 21.8 Å². The Morgan fingerprint density at radius 2 is 1.74 bits per heavy atom. The van der Waals surface area contributed by atoms with Gasteiger partial charge in [-0.15, -0.1) is 10.2 Å². The van der Waals surface area contributed by atoms with Crippen molar-refractivity contribution >= 4 is 15.9 Å². The van der Waals surface area contributed by atoms with Crippen LogP contribution in [-0.4, -0.2) is 31.1 Å². The van der Waals surface area contributed by atoms with Crippen LogP contribution < -0.4 is 10.5 Å². The zero-order valence-corrected chi connectivity index (χ0v) is 15.4. The number of nitrogens with one attached hydrogen (secondary N) is 1. The predicted molar refractivity (Wildman–Crippen MR) is 98.3 cm³/mol. The van der Waals surface area contributed by atoms with Crippen LogP contribution in [0.15, 0.2) is 57.8 Å². The third kappa shape index (κ3) is 4.78. The summed E-state index contributed by atoms with van der Waals surface area (Å²) in [6, 6.07) is 13.7. The molecule has 2 aromatic carbocycles. The summed E-state index contributed by atoms with van der Waals surface area (Å²) in [6.45, 7) is 2.30. The minimum Gasteiger partial charge on any atom is -0.412 e. The molecule has 0 fully saturated rings. The molecule has 0 unspecified atom stereocenters. The van der Waals surface area contributed by atoms with E-state index in [4.69, 9.17) is 9.56 Å². The molecule has 3 aromatic rings. The number of nitrogens with zero attached hydrogens (tertiary/aromatic N) is 2. The molecule has 9 heteroatoms. The number of rotatable bonds is 6. The number of sulfonamides is 1. The molecule has 1 aromatic heterocycles. The van der Waals surface area contributed by atoms with Crippen molar-refractivity contribution in [2.45, 2.75) is 18.2 Å². The zero-order chi connectivity index (χ0) is 19.4. The van der Waals surface area contributed by atoms with E-state index < -0.39 is 15.9 Å². The van der Waals surface area contributed by atoms with Gasteiger partial charge in [0.2, 0.25) is 15.9 Å². The largest absolute Gasteiger partial charge is 0.412 e. The molecule has 0 radical (unpaired) electrons. The molecule has 140 valence electrons. The van der Waals surface area contributed by atoms with E-state index in [0.717, 1.165) is 16.7 Å². The Morgan fingerprint density at radius 1 is 1.07 bits per heavy atom. The lowest BCUT2D eigenvalue weighted by molar-refractivity contribution is 0.0920. The second kappa shape index (κ2) is 7.68. The average molecular weight is 386 g/mol. The van der Waals surface area contributed by atoms with Gasteiger partial charge in [-0.3, -0.25) is 4.79 Å². The average Bonchev–Trinajstić information content (AvgIpc) is 3.12. The summed E-state index contributed by atoms with van der Waals surface area (Å²) in [6.07, 6.45) is 0.510. The lowest BCUT2D eigenvalue weighted by Gasteiger charge is -2.04. The fourth-order valence-corrected chi connectivity index (χ4v) is 2.89. The number of benzene rings is 2. The van der Waals surface area contributed by atoms with Crippen LogP contribution in [0.4, 0.5) is 0 Å². The van der Waals surface area contributed by atoms with E-state index in [2.05, 4.69) is 15.5 Å². The minimum absolute atomic E-state index is 0.0461. The zero-order valence-electron chi connectivity index (χ0n) is 14.5. The molecule has 0 aliphatic heterocycles. The molecule has 0 saturated carbocycles. The molecule has 3 N–H and O–H groups in total. The third-order valence-corrected chi connectivity index (χ3v) is 4.80. The minimum atomic E-state index is -3.71. The van der Waals surface area contributed by atoms with Gasteiger partial charge in [0.05, 0.1) is 4.90 Å². The highest BCUT2D eigenvalue weighted by molar-refractivity contribution is 7.89. The van der Waals surface area contributed by atoms with Crippen molar-refractivity contribution < 1.29 is 17.6 Å². The van der Waals surface area contributed by atoms with Crippen molar-refractivity contribution in [3.63, 3.8) is 0 Å². The number of aromatic nitrogens is 2. The van der Waals surface area contributed by atoms with Crippen molar-refractivity contribution in [2.24, 2.45) is 5.14 Å². The highest BCUT2D eigenvalue weighted by Gasteiger charge is 2.15. The number of hydrogen-bond donors (Lipinski definition) is 2. The van der Waals surface area contributed by atoms with Crippen LogP contribution in [0.3, 0.4) is 0 Å². The molecule has 1 amide bonds. The number of nitrogens with two attached hydrogens (primary N) is 1. The smallest absolute Gasteiger partial charge is 0.308 e. The first-order valence-electron chi connectivity index (χ1n) is 8.13. The standard InChI is InChI=1S/C18H18N4O4S/c1-12-2-6-14(7-3-12)17-21-22-18(26-17)16(23)20-11-10-13-4-8-15(9-5-13)27(19,24)25/h2-9H,10-11H2,1H3,(H,20,23)(H2,19,24,25). The van der Waals surface area contributed by atoms with Crippen LogP contribution in [0, 0.1) is 6.92 Å². The normalized spacial score (nSPS) is 11.3. The monoisotopic (exact) mass is 386 g/mol. The lowest BCUT2D eigenvalue weighted by Crippen LogP contribution is -2.26. The van der Waals surface area contributed by atoms with Crippen molar-refractivity contribution in [1.29, 1.82) is 0 Å². The Labute approximate surface area is 156 Å². The Balaban J connectivity index is 1.56. The van der Waals surface area contributed by atoms with Gasteiger partial charge in [0, 0.05) is 12.1 Å². The van der Waals surface area contributed by atoms with Crippen molar-refractivity contribution in [3.8, 4) is 11.5 Å². The summed E-state index contributed by atoms with van der Waals surface area (Å²) < 4.78 is 27.9. The van der Waals surface area contributed by atoms with E-state index >= 15 is 0 Å². The fourth-order valence-electron chi connectivity index (χ4n) is 2.37. The van der Waals surface area contributed by atoms with E-state index in [1.54, 1.807) is 12.1 Å². The SMILES string of the molecule is Cc1ccc(-c2nnc(C(=O)NCCc3ccc(S(N)(=O)=O)cc3)o2)cc1. The summed E-state index contributed by atoms with van der Waals surface area (Å²) in [5, 5.41) is 15.4. The van der Waals surface area contributed by atoms with Gasteiger partial charge in [0.15, 0.2) is 0 Å². The van der Waals surface area contributed by atoms with E-state index in [9.17, 15) is 13.2 Å². The maximum absolute atomic E-state index is 12.1. The second-order valence-electron chi connectivity index (χ2n) is 5.97. The van der Waals surface area contributed by atoms with E-state index in [0.29, 0.717) is 13.0 Å². The molecule has 0 atom stereocenters. The molecule has 0 aliphatic carbocycles. The first-order chi connectivity index (χ1) is 12.8. The molecular weight excluding hydrogens is 368 g/mol. The maximum atomic E-state index is 12.1. The number of hydrogen-bond acceptors (Lipinski definition) is 6. The van der Waals surface area contributed by atoms with Gasteiger partial charge < -0.3 is 9.73 Å². The third-order valence-electron chi connectivity index (χ3n) is 3.87.